The lowest BCUT2D eigenvalue weighted by Gasteiger charge is -2.29. The van der Waals surface area contributed by atoms with Crippen LogP contribution >= 0.6 is 0 Å². The maximum absolute atomic E-state index is 13.1. The van der Waals surface area contributed by atoms with Gasteiger partial charge in [0, 0.05) is 5.56 Å². The number of ether oxygens (including phenoxy) is 2. The van der Waals surface area contributed by atoms with E-state index in [0.29, 0.717) is 43.2 Å². The Morgan fingerprint density at radius 2 is 1.74 bits per heavy atom. The number of aliphatic hydroxyl groups excluding tert-OH is 1. The van der Waals surface area contributed by atoms with Crippen LogP contribution < -0.4 is 9.64 Å². The van der Waals surface area contributed by atoms with Gasteiger partial charge in [0.1, 0.15) is 30.3 Å². The molecule has 2 saturated heterocycles. The molecule has 2 aromatic rings. The number of ketones is 1. The molecule has 8 nitrogen and oxygen atoms in total. The van der Waals surface area contributed by atoms with E-state index in [0.717, 1.165) is 13.1 Å². The predicted molar refractivity (Wildman–Crippen MR) is 126 cm³/mol. The number of Topliss-reactive ketones (excluding diaryl/α,β-unsaturated/α-hetero) is 1. The van der Waals surface area contributed by atoms with Crippen molar-refractivity contribution in [2.45, 2.75) is 26.0 Å². The molecule has 1 atom stereocenters. The van der Waals surface area contributed by atoms with E-state index in [4.69, 9.17) is 9.47 Å². The fraction of sp³-hybridized carbons (Fsp3) is 0.385. The lowest BCUT2D eigenvalue weighted by atomic mass is 9.95. The number of hydrogen-bond acceptors (Lipinski definition) is 6. The quantitative estimate of drug-likeness (QED) is 0.324. The Kier molecular flexibility index (Phi) is 7.19. The van der Waals surface area contributed by atoms with E-state index in [1.54, 1.807) is 36.4 Å². The van der Waals surface area contributed by atoms with Crippen molar-refractivity contribution < 1.29 is 34.2 Å². The van der Waals surface area contributed by atoms with Gasteiger partial charge >= 0.3 is 0 Å². The van der Waals surface area contributed by atoms with Gasteiger partial charge in [0.25, 0.3) is 11.7 Å². The van der Waals surface area contributed by atoms with E-state index < -0.39 is 17.7 Å². The second kappa shape index (κ2) is 10.3. The molecule has 2 aliphatic rings. The number of rotatable bonds is 7. The Labute approximate surface area is 199 Å². The number of nitrogens with zero attached hydrogens (tertiary/aromatic N) is 1. The lowest BCUT2D eigenvalue weighted by Crippen LogP contribution is -3.14. The summed E-state index contributed by atoms with van der Waals surface area (Å²) in [5.41, 5.74) is 1.12. The van der Waals surface area contributed by atoms with Crippen LogP contribution in [-0.2, 0) is 14.3 Å². The number of aromatic hydroxyl groups is 1. The van der Waals surface area contributed by atoms with Crippen molar-refractivity contribution in [3.05, 3.63) is 65.2 Å². The molecule has 2 aromatic carbocycles. The van der Waals surface area contributed by atoms with Gasteiger partial charge in [-0.15, -0.1) is 0 Å². The molecule has 0 bridgehead atoms. The molecule has 0 radical (unpaired) electrons. The zero-order chi connectivity index (χ0) is 24.2. The highest BCUT2D eigenvalue weighted by atomic mass is 16.5. The second-order valence-electron chi connectivity index (χ2n) is 8.89. The average Bonchev–Trinajstić information content (AvgIpc) is 3.08. The Hall–Kier alpha value is -3.36. The number of carbonyl (C=O) groups excluding carboxylic acids is 2. The van der Waals surface area contributed by atoms with Crippen LogP contribution in [0.3, 0.4) is 0 Å². The molecule has 180 valence electrons. The highest BCUT2D eigenvalue weighted by molar-refractivity contribution is 6.46. The van der Waals surface area contributed by atoms with Gasteiger partial charge in [-0.05, 0) is 55.8 Å². The molecule has 4 rings (SSSR count). The van der Waals surface area contributed by atoms with Gasteiger partial charge in [0.15, 0.2) is 0 Å². The van der Waals surface area contributed by atoms with E-state index in [-0.39, 0.29) is 23.2 Å². The Morgan fingerprint density at radius 1 is 1.09 bits per heavy atom. The van der Waals surface area contributed by atoms with Crippen molar-refractivity contribution in [2.75, 3.05) is 39.4 Å². The van der Waals surface area contributed by atoms with Crippen molar-refractivity contribution in [1.29, 1.82) is 0 Å². The van der Waals surface area contributed by atoms with Gasteiger partial charge < -0.3 is 29.5 Å². The number of aliphatic hydroxyl groups is 1. The molecular formula is C26H31N2O6+. The molecular weight excluding hydrogens is 436 g/mol. The predicted octanol–water partition coefficient (Wildman–Crippen LogP) is 1.52. The minimum absolute atomic E-state index is 0.00728. The summed E-state index contributed by atoms with van der Waals surface area (Å²) >= 11 is 0. The molecule has 2 fully saturated rings. The van der Waals surface area contributed by atoms with Crippen LogP contribution in [0.4, 0.5) is 0 Å². The molecule has 2 aliphatic heterocycles. The molecule has 34 heavy (non-hydrogen) atoms. The Morgan fingerprint density at radius 3 is 2.35 bits per heavy atom. The third kappa shape index (κ3) is 5.08. The van der Waals surface area contributed by atoms with Gasteiger partial charge in [0.2, 0.25) is 0 Å². The summed E-state index contributed by atoms with van der Waals surface area (Å²) in [7, 11) is 0. The average molecular weight is 468 g/mol. The molecule has 0 spiro atoms. The Bertz CT molecular complexity index is 1060. The minimum Gasteiger partial charge on any atom is -0.508 e. The number of benzene rings is 2. The summed E-state index contributed by atoms with van der Waals surface area (Å²) < 4.78 is 11.1. The number of hydrogen-bond donors (Lipinski definition) is 3. The van der Waals surface area contributed by atoms with Crippen molar-refractivity contribution in [1.82, 2.24) is 4.90 Å². The van der Waals surface area contributed by atoms with E-state index >= 15 is 0 Å². The highest BCUT2D eigenvalue weighted by Gasteiger charge is 2.46. The third-order valence-corrected chi connectivity index (χ3v) is 6.15. The number of phenolic OH excluding ortho intramolecular Hbond substituents is 1. The molecule has 0 aromatic heterocycles. The number of likely N-dealkylation sites (tertiary alicyclic amines) is 1. The van der Waals surface area contributed by atoms with E-state index in [2.05, 4.69) is 0 Å². The number of morpholine rings is 1. The van der Waals surface area contributed by atoms with E-state index in [1.807, 2.05) is 13.8 Å². The SMILES string of the molecule is CC(C)Oc1ccc(C(O)=C2C(=O)C(=O)N(CC[NH+]3CCOCC3)[C@H]2c2ccc(O)cc2)cc1. The van der Waals surface area contributed by atoms with Crippen LogP contribution in [0.5, 0.6) is 11.5 Å². The monoisotopic (exact) mass is 467 g/mol. The lowest BCUT2D eigenvalue weighted by molar-refractivity contribution is -0.907. The maximum Gasteiger partial charge on any atom is 0.295 e. The van der Waals surface area contributed by atoms with Gasteiger partial charge in [-0.2, -0.15) is 0 Å². The summed E-state index contributed by atoms with van der Waals surface area (Å²) in [6.45, 7) is 7.92. The fourth-order valence-corrected chi connectivity index (χ4v) is 4.42. The third-order valence-electron chi connectivity index (χ3n) is 6.15. The first-order chi connectivity index (χ1) is 16.3. The smallest absolute Gasteiger partial charge is 0.295 e. The number of phenols is 1. The van der Waals surface area contributed by atoms with Gasteiger partial charge in [-0.1, -0.05) is 12.1 Å². The molecule has 2 heterocycles. The summed E-state index contributed by atoms with van der Waals surface area (Å²) in [5, 5.41) is 20.9. The largest absolute Gasteiger partial charge is 0.508 e. The molecule has 3 N–H and O–H groups in total. The normalized spacial score (nSPS) is 20.8. The van der Waals surface area contributed by atoms with Crippen LogP contribution in [0.1, 0.15) is 31.0 Å². The van der Waals surface area contributed by atoms with Crippen molar-refractivity contribution in [2.24, 2.45) is 0 Å². The topological polar surface area (TPSA) is 101 Å². The first-order valence-corrected chi connectivity index (χ1v) is 11.6. The number of carbonyl (C=O) groups is 2. The summed E-state index contributed by atoms with van der Waals surface area (Å²) in [4.78, 5) is 29.0. The maximum atomic E-state index is 13.1. The number of nitrogens with one attached hydrogen (secondary N) is 1. The molecule has 8 heteroatoms. The minimum atomic E-state index is -0.743. The van der Waals surface area contributed by atoms with Crippen molar-refractivity contribution in [3.8, 4) is 11.5 Å². The zero-order valence-corrected chi connectivity index (χ0v) is 19.5. The van der Waals surface area contributed by atoms with Crippen molar-refractivity contribution in [3.63, 3.8) is 0 Å². The van der Waals surface area contributed by atoms with Gasteiger partial charge in [0.05, 0.1) is 44.0 Å². The van der Waals surface area contributed by atoms with E-state index in [1.165, 1.54) is 21.9 Å². The summed E-state index contributed by atoms with van der Waals surface area (Å²) in [5.74, 6) is -0.842. The van der Waals surface area contributed by atoms with Crippen LogP contribution in [-0.4, -0.2) is 72.3 Å². The Balaban J connectivity index is 1.69. The summed E-state index contributed by atoms with van der Waals surface area (Å²) in [6.07, 6.45) is 0.00728. The van der Waals surface area contributed by atoms with Crippen LogP contribution in [0.25, 0.3) is 5.76 Å². The van der Waals surface area contributed by atoms with Crippen molar-refractivity contribution >= 4 is 17.4 Å². The molecule has 1 amide bonds. The van der Waals surface area contributed by atoms with Gasteiger partial charge in [-0.25, -0.2) is 0 Å². The molecule has 0 saturated carbocycles. The molecule has 0 unspecified atom stereocenters. The van der Waals surface area contributed by atoms with Crippen LogP contribution in [0.15, 0.2) is 54.1 Å². The fourth-order valence-electron chi connectivity index (χ4n) is 4.42. The first-order valence-electron chi connectivity index (χ1n) is 11.6. The zero-order valence-electron chi connectivity index (χ0n) is 19.5. The first kappa shape index (κ1) is 23.8. The number of quaternary nitrogens is 1. The molecule has 0 aliphatic carbocycles. The van der Waals surface area contributed by atoms with E-state index in [9.17, 15) is 19.8 Å². The standard InChI is InChI=1S/C26H30N2O6/c1-17(2)34-21-9-5-19(6-10-21)24(30)22-23(18-3-7-20(29)8-4-18)28(26(32)25(22)31)12-11-27-13-15-33-16-14-27/h3-10,17,23,29-30H,11-16H2,1-2H3/p+1/t23-/m0/s1. The number of amides is 1. The summed E-state index contributed by atoms with van der Waals surface area (Å²) in [6, 6.07) is 12.4. The highest BCUT2D eigenvalue weighted by Crippen LogP contribution is 2.39. The van der Waals surface area contributed by atoms with Crippen LogP contribution in [0, 0.1) is 0 Å². The van der Waals surface area contributed by atoms with Gasteiger partial charge in [-0.3, -0.25) is 9.59 Å². The van der Waals surface area contributed by atoms with Crippen LogP contribution in [0.2, 0.25) is 0 Å². The second-order valence-corrected chi connectivity index (χ2v) is 8.89.